The molecule has 0 radical (unpaired) electrons. The lowest BCUT2D eigenvalue weighted by molar-refractivity contribution is 0.0695. The number of hydrogen-bond donors (Lipinski definition) is 0. The fourth-order valence-corrected chi connectivity index (χ4v) is 4.80. The third kappa shape index (κ3) is 3.94. The molecule has 1 atom stereocenters. The summed E-state index contributed by atoms with van der Waals surface area (Å²) in [6, 6.07) is 11.8. The van der Waals surface area contributed by atoms with Gasteiger partial charge >= 0.3 is 0 Å². The smallest absolute Gasteiger partial charge is 0.257 e. The molecule has 5 nitrogen and oxygen atoms in total. The van der Waals surface area contributed by atoms with Crippen molar-refractivity contribution in [2.75, 3.05) is 18.8 Å². The summed E-state index contributed by atoms with van der Waals surface area (Å²) < 4.78 is 5.91. The summed E-state index contributed by atoms with van der Waals surface area (Å²) in [5.74, 6) is 2.32. The van der Waals surface area contributed by atoms with Crippen molar-refractivity contribution in [3.05, 3.63) is 53.2 Å². The molecule has 1 aliphatic heterocycles. The Kier molecular flexibility index (Phi) is 5.59. The van der Waals surface area contributed by atoms with E-state index in [4.69, 9.17) is 4.42 Å². The monoisotopic (exact) mass is 399 g/mol. The number of aromatic nitrogens is 2. The van der Waals surface area contributed by atoms with Crippen LogP contribution in [0.3, 0.4) is 0 Å². The third-order valence-electron chi connectivity index (χ3n) is 4.65. The molecule has 0 bridgehead atoms. The van der Waals surface area contributed by atoms with E-state index in [9.17, 15) is 4.79 Å². The van der Waals surface area contributed by atoms with Gasteiger partial charge in [0.2, 0.25) is 5.89 Å². The van der Waals surface area contributed by atoms with Crippen LogP contribution in [0.15, 0.2) is 51.1 Å². The van der Waals surface area contributed by atoms with Crippen molar-refractivity contribution in [1.82, 2.24) is 15.1 Å². The van der Waals surface area contributed by atoms with Gasteiger partial charge in [-0.2, -0.15) is 0 Å². The van der Waals surface area contributed by atoms with E-state index in [-0.39, 0.29) is 11.8 Å². The van der Waals surface area contributed by atoms with E-state index < -0.39 is 0 Å². The number of thioether (sulfide) groups is 1. The van der Waals surface area contributed by atoms with Gasteiger partial charge in [0, 0.05) is 18.0 Å². The molecule has 0 N–H and O–H groups in total. The number of nitrogens with zero attached hydrogens (tertiary/aromatic N) is 3. The number of carbonyl (C=O) groups is 1. The minimum atomic E-state index is 0.0919. The Bertz CT molecular complexity index is 908. The molecule has 140 valence electrons. The average Bonchev–Trinajstić information content (AvgIpc) is 3.40. The minimum absolute atomic E-state index is 0.0919. The maximum absolute atomic E-state index is 13.1. The first kappa shape index (κ1) is 18.3. The van der Waals surface area contributed by atoms with Gasteiger partial charge in [-0.3, -0.25) is 4.79 Å². The first-order valence-electron chi connectivity index (χ1n) is 9.14. The van der Waals surface area contributed by atoms with Gasteiger partial charge < -0.3 is 9.32 Å². The Morgan fingerprint density at radius 2 is 2.19 bits per heavy atom. The van der Waals surface area contributed by atoms with Crippen LogP contribution in [0.1, 0.15) is 41.9 Å². The van der Waals surface area contributed by atoms with Crippen LogP contribution < -0.4 is 0 Å². The predicted molar refractivity (Wildman–Crippen MR) is 108 cm³/mol. The first-order chi connectivity index (χ1) is 13.3. The summed E-state index contributed by atoms with van der Waals surface area (Å²) in [6.07, 6.45) is 1.90. The molecule has 1 fully saturated rings. The van der Waals surface area contributed by atoms with Crippen molar-refractivity contribution in [2.24, 2.45) is 0 Å². The first-order valence-corrected chi connectivity index (χ1v) is 11.0. The molecule has 1 saturated heterocycles. The molecule has 27 heavy (non-hydrogen) atoms. The lowest BCUT2D eigenvalue weighted by Gasteiger charge is -2.31. The number of likely N-dealkylation sites (tertiary alicyclic amines) is 1. The van der Waals surface area contributed by atoms with Crippen LogP contribution in [0.4, 0.5) is 0 Å². The van der Waals surface area contributed by atoms with Gasteiger partial charge in [-0.05, 0) is 42.2 Å². The zero-order valence-corrected chi connectivity index (χ0v) is 16.8. The van der Waals surface area contributed by atoms with E-state index >= 15 is 0 Å². The van der Waals surface area contributed by atoms with Crippen LogP contribution in [0, 0.1) is 0 Å². The Labute approximate surface area is 166 Å². The number of carbonyl (C=O) groups excluding carboxylic acids is 1. The number of rotatable bonds is 5. The summed E-state index contributed by atoms with van der Waals surface area (Å²) >= 11 is 3.29. The minimum Gasteiger partial charge on any atom is -0.420 e. The normalized spacial score (nSPS) is 17.2. The van der Waals surface area contributed by atoms with Gasteiger partial charge in [-0.15, -0.1) is 33.3 Å². The van der Waals surface area contributed by atoms with Gasteiger partial charge in [0.15, 0.2) is 0 Å². The zero-order valence-electron chi connectivity index (χ0n) is 15.1. The highest BCUT2D eigenvalue weighted by molar-refractivity contribution is 7.99. The second-order valence-corrected chi connectivity index (χ2v) is 8.70. The third-order valence-corrected chi connectivity index (χ3v) is 6.46. The zero-order chi connectivity index (χ0) is 18.6. The highest BCUT2D eigenvalue weighted by atomic mass is 32.2. The number of amides is 1. The van der Waals surface area contributed by atoms with Gasteiger partial charge in [0.05, 0.1) is 16.4 Å². The van der Waals surface area contributed by atoms with E-state index in [0.29, 0.717) is 18.3 Å². The molecule has 1 amide bonds. The van der Waals surface area contributed by atoms with E-state index in [1.807, 2.05) is 46.7 Å². The van der Waals surface area contributed by atoms with Crippen molar-refractivity contribution in [3.8, 4) is 10.8 Å². The Hall–Kier alpha value is -2.12. The highest BCUT2D eigenvalue weighted by Gasteiger charge is 2.30. The maximum Gasteiger partial charge on any atom is 0.257 e. The number of hydrogen-bond acceptors (Lipinski definition) is 6. The molecule has 0 unspecified atom stereocenters. The number of piperidine rings is 1. The topological polar surface area (TPSA) is 59.2 Å². The molecule has 3 aromatic rings. The van der Waals surface area contributed by atoms with Gasteiger partial charge in [0.1, 0.15) is 0 Å². The van der Waals surface area contributed by atoms with Gasteiger partial charge in [-0.25, -0.2) is 0 Å². The molecule has 1 aliphatic rings. The molecule has 0 spiro atoms. The van der Waals surface area contributed by atoms with Crippen LogP contribution in [0.5, 0.6) is 0 Å². The lowest BCUT2D eigenvalue weighted by atomic mass is 9.97. The SMILES string of the molecule is CCSc1ccccc1C(=O)N1CCC[C@@H](c2nnc(-c3cccs3)o2)C1. The van der Waals surface area contributed by atoms with Crippen molar-refractivity contribution in [2.45, 2.75) is 30.6 Å². The number of thiophene rings is 1. The predicted octanol–water partition coefficient (Wildman–Crippen LogP) is 4.93. The Morgan fingerprint density at radius 1 is 1.30 bits per heavy atom. The summed E-state index contributed by atoms with van der Waals surface area (Å²) in [5.41, 5.74) is 0.787. The fourth-order valence-electron chi connectivity index (χ4n) is 3.36. The van der Waals surface area contributed by atoms with Crippen LogP contribution in [-0.4, -0.2) is 39.8 Å². The molecule has 2 aromatic heterocycles. The molecular weight excluding hydrogens is 378 g/mol. The van der Waals surface area contributed by atoms with Crippen LogP contribution in [0.2, 0.25) is 0 Å². The van der Waals surface area contributed by atoms with Gasteiger partial charge in [-0.1, -0.05) is 25.1 Å². The molecular formula is C20H21N3O2S2. The summed E-state index contributed by atoms with van der Waals surface area (Å²) in [7, 11) is 0. The molecule has 3 heterocycles. The molecule has 7 heteroatoms. The second-order valence-electron chi connectivity index (χ2n) is 6.44. The molecule has 1 aromatic carbocycles. The lowest BCUT2D eigenvalue weighted by Crippen LogP contribution is -2.39. The van der Waals surface area contributed by atoms with Crippen LogP contribution in [-0.2, 0) is 0 Å². The van der Waals surface area contributed by atoms with E-state index in [1.165, 1.54) is 0 Å². The van der Waals surface area contributed by atoms with Crippen molar-refractivity contribution >= 4 is 29.0 Å². The maximum atomic E-state index is 13.1. The average molecular weight is 400 g/mol. The Balaban J connectivity index is 1.51. The summed E-state index contributed by atoms with van der Waals surface area (Å²) in [5, 5.41) is 10.4. The second kappa shape index (κ2) is 8.27. The summed E-state index contributed by atoms with van der Waals surface area (Å²) in [4.78, 5) is 17.1. The van der Waals surface area contributed by atoms with Crippen molar-refractivity contribution in [3.63, 3.8) is 0 Å². The van der Waals surface area contributed by atoms with Crippen molar-refractivity contribution < 1.29 is 9.21 Å². The van der Waals surface area contributed by atoms with Crippen LogP contribution >= 0.6 is 23.1 Å². The largest absolute Gasteiger partial charge is 0.420 e. The quantitative estimate of drug-likeness (QED) is 0.569. The van der Waals surface area contributed by atoms with Crippen molar-refractivity contribution in [1.29, 1.82) is 0 Å². The van der Waals surface area contributed by atoms with Gasteiger partial charge in [0.25, 0.3) is 11.8 Å². The van der Waals surface area contributed by atoms with E-state index in [1.54, 1.807) is 23.1 Å². The summed E-state index contributed by atoms with van der Waals surface area (Å²) in [6.45, 7) is 3.49. The Morgan fingerprint density at radius 3 is 3.00 bits per heavy atom. The molecule has 0 saturated carbocycles. The van der Waals surface area contributed by atoms with E-state index in [2.05, 4.69) is 17.1 Å². The number of benzene rings is 1. The van der Waals surface area contributed by atoms with Crippen LogP contribution in [0.25, 0.3) is 10.8 Å². The van der Waals surface area contributed by atoms with E-state index in [0.717, 1.165) is 40.5 Å². The molecule has 4 rings (SSSR count). The molecule has 0 aliphatic carbocycles. The standard InChI is InChI=1S/C20H21N3O2S2/c1-2-26-16-9-4-3-8-15(16)20(24)23-11-5-7-14(13-23)18-21-22-19(25-18)17-10-6-12-27-17/h3-4,6,8-10,12,14H,2,5,7,11,13H2,1H3/t14-/m1/s1. The fraction of sp³-hybridized carbons (Fsp3) is 0.350. The highest BCUT2D eigenvalue weighted by Crippen LogP contribution is 2.31.